The molecule has 1 saturated heterocycles. The molecule has 2 aromatic carbocycles. The van der Waals surface area contributed by atoms with Crippen LogP contribution in [0.15, 0.2) is 71.8 Å². The summed E-state index contributed by atoms with van der Waals surface area (Å²) in [6.45, 7) is 0.444. The van der Waals surface area contributed by atoms with Crippen molar-refractivity contribution in [2.24, 2.45) is 0 Å². The van der Waals surface area contributed by atoms with Crippen molar-refractivity contribution < 1.29 is 19.1 Å². The maximum absolute atomic E-state index is 13.1. The van der Waals surface area contributed by atoms with Crippen molar-refractivity contribution in [3.63, 3.8) is 0 Å². The van der Waals surface area contributed by atoms with Crippen molar-refractivity contribution in [1.29, 1.82) is 0 Å². The van der Waals surface area contributed by atoms with Crippen LogP contribution in [0.2, 0.25) is 0 Å². The van der Waals surface area contributed by atoms with Crippen LogP contribution in [-0.4, -0.2) is 42.8 Å². The van der Waals surface area contributed by atoms with E-state index in [1.807, 2.05) is 72.8 Å². The fourth-order valence-corrected chi connectivity index (χ4v) is 3.19. The average Bonchev–Trinajstić information content (AvgIpc) is 2.75. The van der Waals surface area contributed by atoms with E-state index < -0.39 is 5.97 Å². The van der Waals surface area contributed by atoms with Gasteiger partial charge >= 0.3 is 5.97 Å². The number of carbonyl (C=O) groups excluding carboxylic acids is 3. The zero-order valence-corrected chi connectivity index (χ0v) is 16.3. The standard InChI is InChI=1S/C24H23NO4/c1-29-23(27)13-12-22(26)25-16-20(14-18-8-4-2-5-9-18)24(28)21(17-25)15-19-10-6-3-7-11-19/h2-11,14-15H,12-13,16-17H2,1H3/b20-14+,21-15+. The van der Waals surface area contributed by atoms with E-state index in [0.717, 1.165) is 11.1 Å². The van der Waals surface area contributed by atoms with E-state index in [1.54, 1.807) is 4.90 Å². The Labute approximate surface area is 170 Å². The number of amides is 1. The SMILES string of the molecule is COC(=O)CCC(=O)N1C/C(=C\c2ccccc2)C(=O)/C(=C/c2ccccc2)C1. The summed E-state index contributed by atoms with van der Waals surface area (Å²) in [5.74, 6) is -0.665. The molecule has 1 amide bonds. The lowest BCUT2D eigenvalue weighted by Gasteiger charge is -2.30. The molecule has 1 aliphatic heterocycles. The van der Waals surface area contributed by atoms with Crippen molar-refractivity contribution in [2.75, 3.05) is 20.2 Å². The van der Waals surface area contributed by atoms with E-state index in [0.29, 0.717) is 11.1 Å². The summed E-state index contributed by atoms with van der Waals surface area (Å²) in [6, 6.07) is 19.1. The van der Waals surface area contributed by atoms with Gasteiger partial charge in [0.15, 0.2) is 5.78 Å². The molecule has 0 N–H and O–H groups in total. The Kier molecular flexibility index (Phi) is 6.74. The van der Waals surface area contributed by atoms with Gasteiger partial charge < -0.3 is 9.64 Å². The average molecular weight is 389 g/mol. The number of nitrogens with zero attached hydrogens (tertiary/aromatic N) is 1. The molecule has 0 bridgehead atoms. The first-order chi connectivity index (χ1) is 14.1. The van der Waals surface area contributed by atoms with Crippen LogP contribution < -0.4 is 0 Å². The Morgan fingerprint density at radius 2 is 1.34 bits per heavy atom. The van der Waals surface area contributed by atoms with Gasteiger partial charge in [-0.1, -0.05) is 60.7 Å². The van der Waals surface area contributed by atoms with Crippen LogP contribution in [0.1, 0.15) is 24.0 Å². The van der Waals surface area contributed by atoms with Gasteiger partial charge in [0, 0.05) is 30.7 Å². The zero-order chi connectivity index (χ0) is 20.6. The van der Waals surface area contributed by atoms with Crippen LogP contribution in [0.25, 0.3) is 12.2 Å². The summed E-state index contributed by atoms with van der Waals surface area (Å²) in [5, 5.41) is 0. The van der Waals surface area contributed by atoms with Crippen molar-refractivity contribution in [2.45, 2.75) is 12.8 Å². The van der Waals surface area contributed by atoms with Gasteiger partial charge in [-0.3, -0.25) is 14.4 Å². The van der Waals surface area contributed by atoms with E-state index in [4.69, 9.17) is 0 Å². The Hall–Kier alpha value is -3.47. The molecule has 0 spiro atoms. The monoisotopic (exact) mass is 389 g/mol. The molecule has 3 rings (SSSR count). The van der Waals surface area contributed by atoms with Crippen LogP contribution in [0.3, 0.4) is 0 Å². The number of hydrogen-bond donors (Lipinski definition) is 0. The Morgan fingerprint density at radius 3 is 1.79 bits per heavy atom. The number of benzene rings is 2. The lowest BCUT2D eigenvalue weighted by Crippen LogP contribution is -2.41. The van der Waals surface area contributed by atoms with Crippen LogP contribution in [-0.2, 0) is 19.1 Å². The second kappa shape index (κ2) is 9.64. The number of Topliss-reactive ketones (excluding diaryl/α,β-unsaturated/α-hetero) is 1. The van der Waals surface area contributed by atoms with Crippen molar-refractivity contribution >= 4 is 29.8 Å². The first-order valence-electron chi connectivity index (χ1n) is 9.47. The van der Waals surface area contributed by atoms with Crippen LogP contribution in [0.4, 0.5) is 0 Å². The zero-order valence-electron chi connectivity index (χ0n) is 16.3. The molecule has 0 saturated carbocycles. The molecule has 5 nitrogen and oxygen atoms in total. The van der Waals surface area contributed by atoms with E-state index in [2.05, 4.69) is 4.74 Å². The molecule has 1 fully saturated rings. The highest BCUT2D eigenvalue weighted by molar-refractivity contribution is 6.15. The lowest BCUT2D eigenvalue weighted by atomic mass is 9.94. The first-order valence-corrected chi connectivity index (χ1v) is 9.47. The van der Waals surface area contributed by atoms with Crippen molar-refractivity contribution in [1.82, 2.24) is 4.90 Å². The number of piperidine rings is 1. The molecule has 1 heterocycles. The minimum Gasteiger partial charge on any atom is -0.469 e. The molecule has 2 aromatic rings. The van der Waals surface area contributed by atoms with Gasteiger partial charge in [-0.25, -0.2) is 0 Å². The number of ketones is 1. The number of likely N-dealkylation sites (tertiary alicyclic amines) is 1. The Morgan fingerprint density at radius 1 is 0.862 bits per heavy atom. The van der Waals surface area contributed by atoms with Crippen molar-refractivity contribution in [3.05, 3.63) is 82.9 Å². The molecule has 0 aromatic heterocycles. The van der Waals surface area contributed by atoms with Gasteiger partial charge in [0.1, 0.15) is 0 Å². The quantitative estimate of drug-likeness (QED) is 0.580. The first kappa shape index (κ1) is 20.3. The highest BCUT2D eigenvalue weighted by atomic mass is 16.5. The third kappa shape index (κ3) is 5.51. The molecule has 0 radical (unpaired) electrons. The maximum atomic E-state index is 13.1. The summed E-state index contributed by atoms with van der Waals surface area (Å²) >= 11 is 0. The van der Waals surface area contributed by atoms with Gasteiger partial charge in [-0.2, -0.15) is 0 Å². The Balaban J connectivity index is 1.89. The van der Waals surface area contributed by atoms with Crippen molar-refractivity contribution in [3.8, 4) is 0 Å². The van der Waals surface area contributed by atoms with Crippen LogP contribution in [0, 0.1) is 0 Å². The van der Waals surface area contributed by atoms with Gasteiger partial charge in [-0.15, -0.1) is 0 Å². The highest BCUT2D eigenvalue weighted by Gasteiger charge is 2.29. The largest absolute Gasteiger partial charge is 0.469 e. The second-order valence-electron chi connectivity index (χ2n) is 6.82. The fraction of sp³-hybridized carbons (Fsp3) is 0.208. The van der Waals surface area contributed by atoms with E-state index >= 15 is 0 Å². The molecular formula is C24H23NO4. The second-order valence-corrected chi connectivity index (χ2v) is 6.82. The van der Waals surface area contributed by atoms with E-state index in [1.165, 1.54) is 7.11 Å². The number of carbonyl (C=O) groups is 3. The third-order valence-electron chi connectivity index (χ3n) is 4.71. The van der Waals surface area contributed by atoms with Crippen LogP contribution >= 0.6 is 0 Å². The number of ether oxygens (including phenoxy) is 1. The number of rotatable bonds is 5. The van der Waals surface area contributed by atoms with Crippen LogP contribution in [0.5, 0.6) is 0 Å². The van der Waals surface area contributed by atoms with Gasteiger partial charge in [0.05, 0.1) is 13.5 Å². The third-order valence-corrected chi connectivity index (χ3v) is 4.71. The molecule has 0 unspecified atom stereocenters. The molecule has 5 heteroatoms. The molecule has 148 valence electrons. The summed E-state index contributed by atoms with van der Waals surface area (Å²) in [7, 11) is 1.30. The normalized spacial score (nSPS) is 16.9. The summed E-state index contributed by atoms with van der Waals surface area (Å²) < 4.78 is 4.62. The summed E-state index contributed by atoms with van der Waals surface area (Å²) in [5.41, 5.74) is 2.91. The summed E-state index contributed by atoms with van der Waals surface area (Å²) in [6.07, 6.45) is 3.72. The molecule has 29 heavy (non-hydrogen) atoms. The number of esters is 1. The number of methoxy groups -OCH3 is 1. The lowest BCUT2D eigenvalue weighted by molar-refractivity contribution is -0.143. The molecule has 0 atom stereocenters. The highest BCUT2D eigenvalue weighted by Crippen LogP contribution is 2.23. The van der Waals surface area contributed by atoms with Gasteiger partial charge in [0.25, 0.3) is 0 Å². The maximum Gasteiger partial charge on any atom is 0.306 e. The molecular weight excluding hydrogens is 366 g/mol. The Bertz CT molecular complexity index is 884. The topological polar surface area (TPSA) is 63.7 Å². The number of hydrogen-bond acceptors (Lipinski definition) is 4. The smallest absolute Gasteiger partial charge is 0.306 e. The molecule has 0 aliphatic carbocycles. The summed E-state index contributed by atoms with van der Waals surface area (Å²) in [4.78, 5) is 38.8. The molecule has 1 aliphatic rings. The predicted octanol–water partition coefficient (Wildman–Crippen LogP) is 3.52. The van der Waals surface area contributed by atoms with E-state index in [-0.39, 0.29) is 37.6 Å². The van der Waals surface area contributed by atoms with Gasteiger partial charge in [-0.05, 0) is 23.3 Å². The van der Waals surface area contributed by atoms with E-state index in [9.17, 15) is 14.4 Å². The minimum atomic E-state index is -0.425. The minimum absolute atomic E-state index is 0.0231. The predicted molar refractivity (Wildman–Crippen MR) is 112 cm³/mol. The fourth-order valence-electron chi connectivity index (χ4n) is 3.19. The van der Waals surface area contributed by atoms with Gasteiger partial charge in [0.2, 0.25) is 5.91 Å².